The Morgan fingerprint density at radius 2 is 0.896 bits per heavy atom. The molecule has 2 aromatic heterocycles. The zero-order chi connectivity index (χ0) is 32.2. The number of hydrogen-bond donors (Lipinski definition) is 0. The van der Waals surface area contributed by atoms with Gasteiger partial charge in [0.25, 0.3) is 0 Å². The second kappa shape index (κ2) is 10.9. The molecule has 0 saturated carbocycles. The summed E-state index contributed by atoms with van der Waals surface area (Å²) in [7, 11) is 0. The van der Waals surface area contributed by atoms with Crippen LogP contribution >= 0.6 is 0 Å². The van der Waals surface area contributed by atoms with E-state index in [0.717, 1.165) is 88.4 Å². The van der Waals surface area contributed by atoms with Crippen LogP contribution in [-0.4, -0.2) is 0 Å². The summed E-state index contributed by atoms with van der Waals surface area (Å²) in [6.45, 7) is 0. The number of hydrogen-bond acceptors (Lipinski definition) is 4. The second-order valence-corrected chi connectivity index (χ2v) is 11.9. The van der Waals surface area contributed by atoms with Crippen molar-refractivity contribution in [2.45, 2.75) is 0 Å². The van der Waals surface area contributed by atoms with Crippen LogP contribution in [-0.2, 0) is 0 Å². The molecular weight excluding hydrogens is 588 g/mol. The molecule has 9 rings (SSSR count). The van der Waals surface area contributed by atoms with Crippen LogP contribution in [0.3, 0.4) is 0 Å². The largest absolute Gasteiger partial charge is 0.456 e. The molecule has 48 heavy (non-hydrogen) atoms. The smallest absolute Gasteiger partial charge is 0.135 e. The number of rotatable bonds is 4. The molecule has 9 aromatic rings. The van der Waals surface area contributed by atoms with Gasteiger partial charge in [-0.1, -0.05) is 78.9 Å². The highest BCUT2D eigenvalue weighted by atomic mass is 16.3. The third kappa shape index (κ3) is 4.44. The highest BCUT2D eigenvalue weighted by Crippen LogP contribution is 2.40. The van der Waals surface area contributed by atoms with Crippen molar-refractivity contribution in [1.29, 1.82) is 10.5 Å². The Balaban J connectivity index is 1.29. The van der Waals surface area contributed by atoms with E-state index in [1.807, 2.05) is 91.0 Å². The van der Waals surface area contributed by atoms with Crippen LogP contribution in [0, 0.1) is 22.7 Å². The highest BCUT2D eigenvalue weighted by Gasteiger charge is 2.17. The van der Waals surface area contributed by atoms with E-state index < -0.39 is 0 Å². The monoisotopic (exact) mass is 612 g/mol. The third-order valence-electron chi connectivity index (χ3n) is 9.15. The molecule has 2 heterocycles. The van der Waals surface area contributed by atoms with Crippen LogP contribution < -0.4 is 0 Å². The molecule has 0 radical (unpaired) electrons. The minimum absolute atomic E-state index is 0.587. The van der Waals surface area contributed by atoms with Gasteiger partial charge in [0.05, 0.1) is 17.2 Å². The molecule has 0 aliphatic carbocycles. The molecule has 0 bridgehead atoms. The van der Waals surface area contributed by atoms with Crippen molar-refractivity contribution in [3.8, 4) is 56.6 Å². The number of benzene rings is 7. The Labute approximate surface area is 275 Å². The Morgan fingerprint density at radius 1 is 0.354 bits per heavy atom. The van der Waals surface area contributed by atoms with Crippen LogP contribution in [0.25, 0.3) is 88.4 Å². The summed E-state index contributed by atoms with van der Waals surface area (Å²) in [4.78, 5) is 0. The molecule has 0 amide bonds. The SMILES string of the molecule is N#Cc1ccc2oc3ccc(-c4cc(-c5ccc6oc7ccccc7c6c5)cc(-c5cccc(-c6ccccc6)c5C#N)c4)cc3c2c1. The number of para-hydroxylation sites is 1. The maximum absolute atomic E-state index is 10.5. The molecule has 4 heteroatoms. The van der Waals surface area contributed by atoms with Crippen molar-refractivity contribution < 1.29 is 8.83 Å². The van der Waals surface area contributed by atoms with Gasteiger partial charge >= 0.3 is 0 Å². The van der Waals surface area contributed by atoms with Crippen LogP contribution in [0.2, 0.25) is 0 Å². The molecule has 0 aliphatic rings. The van der Waals surface area contributed by atoms with Gasteiger partial charge in [-0.3, -0.25) is 0 Å². The van der Waals surface area contributed by atoms with E-state index in [4.69, 9.17) is 8.83 Å². The van der Waals surface area contributed by atoms with E-state index in [2.05, 4.69) is 60.7 Å². The second-order valence-electron chi connectivity index (χ2n) is 11.9. The lowest BCUT2D eigenvalue weighted by Crippen LogP contribution is -1.92. The van der Waals surface area contributed by atoms with Gasteiger partial charge in [0.15, 0.2) is 0 Å². The molecule has 0 atom stereocenters. The van der Waals surface area contributed by atoms with E-state index in [-0.39, 0.29) is 0 Å². The number of furan rings is 2. The molecule has 0 N–H and O–H groups in total. The summed E-state index contributed by atoms with van der Waals surface area (Å²) in [6, 6.07) is 53.5. The van der Waals surface area contributed by atoms with Gasteiger partial charge in [-0.2, -0.15) is 10.5 Å². The first kappa shape index (κ1) is 27.4. The number of nitrogens with zero attached hydrogens (tertiary/aromatic N) is 2. The fourth-order valence-corrected chi connectivity index (χ4v) is 6.82. The van der Waals surface area contributed by atoms with E-state index in [9.17, 15) is 10.5 Å². The highest BCUT2D eigenvalue weighted by molar-refractivity contribution is 6.08. The van der Waals surface area contributed by atoms with Crippen LogP contribution in [0.1, 0.15) is 11.1 Å². The summed E-state index contributed by atoms with van der Waals surface area (Å²) in [5.74, 6) is 0. The first-order chi connectivity index (χ1) is 23.7. The quantitative estimate of drug-likeness (QED) is 0.198. The van der Waals surface area contributed by atoms with E-state index in [1.54, 1.807) is 6.07 Å². The first-order valence-corrected chi connectivity index (χ1v) is 15.7. The summed E-state index contributed by atoms with van der Waals surface area (Å²) in [5.41, 5.74) is 12.2. The average Bonchev–Trinajstić information content (AvgIpc) is 3.71. The zero-order valence-electron chi connectivity index (χ0n) is 25.6. The molecule has 0 unspecified atom stereocenters. The van der Waals surface area contributed by atoms with Crippen molar-refractivity contribution in [3.63, 3.8) is 0 Å². The van der Waals surface area contributed by atoms with Gasteiger partial charge in [-0.25, -0.2) is 0 Å². The Morgan fingerprint density at radius 3 is 1.56 bits per heavy atom. The normalized spacial score (nSPS) is 11.3. The lowest BCUT2D eigenvalue weighted by atomic mass is 9.88. The van der Waals surface area contributed by atoms with E-state index >= 15 is 0 Å². The molecule has 0 aliphatic heterocycles. The Bertz CT molecular complexity index is 2810. The maximum atomic E-state index is 10.5. The van der Waals surface area contributed by atoms with Gasteiger partial charge in [-0.05, 0) is 100 Å². The molecule has 222 valence electrons. The van der Waals surface area contributed by atoms with Crippen molar-refractivity contribution >= 4 is 43.9 Å². The predicted molar refractivity (Wildman–Crippen MR) is 192 cm³/mol. The van der Waals surface area contributed by atoms with Crippen molar-refractivity contribution in [3.05, 3.63) is 157 Å². The zero-order valence-corrected chi connectivity index (χ0v) is 25.6. The van der Waals surface area contributed by atoms with Gasteiger partial charge in [0.1, 0.15) is 28.4 Å². The van der Waals surface area contributed by atoms with E-state index in [0.29, 0.717) is 11.1 Å². The summed E-state index contributed by atoms with van der Waals surface area (Å²) in [6.07, 6.45) is 0. The standard InChI is InChI=1S/C44H24N2O2/c45-25-27-13-16-42-37(19-27)39-24-30(15-18-44(39)48-42)32-20-31(29-14-17-43-38(23-29)36-9-4-5-12-41(36)47-43)21-33(22-32)35-11-6-10-34(40(35)26-46)28-7-2-1-3-8-28/h1-24H. The van der Waals surface area contributed by atoms with Crippen LogP contribution in [0.4, 0.5) is 0 Å². The molecule has 7 aromatic carbocycles. The molecule has 4 nitrogen and oxygen atoms in total. The average molecular weight is 613 g/mol. The molecule has 0 fully saturated rings. The van der Waals surface area contributed by atoms with Crippen molar-refractivity contribution in [2.24, 2.45) is 0 Å². The summed E-state index contributed by atoms with van der Waals surface area (Å²) < 4.78 is 12.3. The summed E-state index contributed by atoms with van der Waals surface area (Å²) in [5, 5.41) is 24.1. The molecular formula is C44H24N2O2. The van der Waals surface area contributed by atoms with Crippen LogP contribution in [0.5, 0.6) is 0 Å². The summed E-state index contributed by atoms with van der Waals surface area (Å²) >= 11 is 0. The Kier molecular flexibility index (Phi) is 6.22. The van der Waals surface area contributed by atoms with E-state index in [1.165, 1.54) is 0 Å². The number of nitriles is 2. The molecule has 0 spiro atoms. The van der Waals surface area contributed by atoms with Gasteiger partial charge in [-0.15, -0.1) is 0 Å². The van der Waals surface area contributed by atoms with Crippen molar-refractivity contribution in [1.82, 2.24) is 0 Å². The first-order valence-electron chi connectivity index (χ1n) is 15.7. The lowest BCUT2D eigenvalue weighted by molar-refractivity contribution is 0.668. The fraction of sp³-hybridized carbons (Fsp3) is 0. The van der Waals surface area contributed by atoms with Gasteiger partial charge in [0, 0.05) is 32.7 Å². The minimum Gasteiger partial charge on any atom is -0.456 e. The maximum Gasteiger partial charge on any atom is 0.135 e. The number of fused-ring (bicyclic) bond motifs is 6. The van der Waals surface area contributed by atoms with Crippen molar-refractivity contribution in [2.75, 3.05) is 0 Å². The lowest BCUT2D eigenvalue weighted by Gasteiger charge is -2.14. The fourth-order valence-electron chi connectivity index (χ4n) is 6.82. The molecule has 0 saturated heterocycles. The van der Waals surface area contributed by atoms with Gasteiger partial charge < -0.3 is 8.83 Å². The predicted octanol–water partition coefficient (Wildman–Crippen LogP) is 11.9. The minimum atomic E-state index is 0.587. The third-order valence-corrected chi connectivity index (χ3v) is 9.15. The van der Waals surface area contributed by atoms with Gasteiger partial charge in [0.2, 0.25) is 0 Å². The van der Waals surface area contributed by atoms with Crippen LogP contribution in [0.15, 0.2) is 154 Å². The Hall–Kier alpha value is -6.88. The topological polar surface area (TPSA) is 73.9 Å².